The summed E-state index contributed by atoms with van der Waals surface area (Å²) >= 11 is 6.75. The summed E-state index contributed by atoms with van der Waals surface area (Å²) in [5.41, 5.74) is 0. The monoisotopic (exact) mass is 328 g/mol. The van der Waals surface area contributed by atoms with E-state index < -0.39 is 0 Å². The van der Waals surface area contributed by atoms with E-state index in [1.54, 1.807) is 23.1 Å². The van der Waals surface area contributed by atoms with Crippen LogP contribution in [0.2, 0.25) is 0 Å². The Balaban J connectivity index is 1.92. The highest BCUT2D eigenvalue weighted by Gasteiger charge is 2.10. The first-order valence-corrected chi connectivity index (χ1v) is 7.87. The predicted molar refractivity (Wildman–Crippen MR) is 78.9 cm³/mol. The Bertz CT molecular complexity index is 478. The van der Waals surface area contributed by atoms with E-state index in [1.807, 2.05) is 24.3 Å². The van der Waals surface area contributed by atoms with Gasteiger partial charge >= 0.3 is 0 Å². The van der Waals surface area contributed by atoms with Gasteiger partial charge in [-0.05, 0) is 43.3 Å². The molecule has 0 saturated heterocycles. The average Bonchev–Trinajstić information content (AvgIpc) is 2.75. The lowest BCUT2D eigenvalue weighted by Gasteiger charge is -2.08. The lowest BCUT2D eigenvalue weighted by Crippen LogP contribution is -1.97. The van der Waals surface area contributed by atoms with E-state index in [-0.39, 0.29) is 6.10 Å². The average molecular weight is 329 g/mol. The highest BCUT2D eigenvalue weighted by molar-refractivity contribution is 9.10. The maximum Gasteiger partial charge on any atom is 0.0975 e. The first-order chi connectivity index (χ1) is 8.15. The fourth-order valence-corrected chi connectivity index (χ4v) is 3.51. The number of hydrogen-bond donors (Lipinski definition) is 1. The number of rotatable bonds is 4. The molecule has 2 rings (SSSR count). The Kier molecular flexibility index (Phi) is 4.68. The Morgan fingerprint density at radius 1 is 1.24 bits per heavy atom. The van der Waals surface area contributed by atoms with Crippen molar-refractivity contribution in [2.24, 2.45) is 0 Å². The van der Waals surface area contributed by atoms with Crippen molar-refractivity contribution in [3.05, 3.63) is 50.6 Å². The van der Waals surface area contributed by atoms with Gasteiger partial charge in [0.25, 0.3) is 0 Å². The van der Waals surface area contributed by atoms with Crippen LogP contribution in [-0.4, -0.2) is 10.9 Å². The topological polar surface area (TPSA) is 20.2 Å². The smallest absolute Gasteiger partial charge is 0.0975 e. The van der Waals surface area contributed by atoms with Crippen LogP contribution in [0.4, 0.5) is 0 Å². The van der Waals surface area contributed by atoms with Crippen LogP contribution in [0.25, 0.3) is 0 Å². The van der Waals surface area contributed by atoms with Crippen molar-refractivity contribution in [1.82, 2.24) is 0 Å². The van der Waals surface area contributed by atoms with Gasteiger partial charge in [-0.25, -0.2) is 0 Å². The van der Waals surface area contributed by atoms with Gasteiger partial charge < -0.3 is 5.11 Å². The molecule has 0 radical (unpaired) electrons. The quantitative estimate of drug-likeness (QED) is 0.824. The van der Waals surface area contributed by atoms with Crippen molar-refractivity contribution in [2.75, 3.05) is 5.75 Å². The summed E-state index contributed by atoms with van der Waals surface area (Å²) in [6.45, 7) is 2.06. The number of thiophene rings is 1. The second-order valence-corrected chi connectivity index (χ2v) is 7.06. The van der Waals surface area contributed by atoms with Gasteiger partial charge in [-0.15, -0.1) is 23.1 Å². The largest absolute Gasteiger partial charge is 0.387 e. The molecule has 0 aliphatic rings. The Hall–Kier alpha value is -0.290. The van der Waals surface area contributed by atoms with Gasteiger partial charge in [0.2, 0.25) is 0 Å². The van der Waals surface area contributed by atoms with Crippen LogP contribution in [0.5, 0.6) is 0 Å². The molecular formula is C13H13BrOS2. The summed E-state index contributed by atoms with van der Waals surface area (Å²) in [4.78, 5) is 3.47. The van der Waals surface area contributed by atoms with Crippen LogP contribution in [0.3, 0.4) is 0 Å². The lowest BCUT2D eigenvalue weighted by atomic mass is 10.3. The third-order valence-corrected chi connectivity index (χ3v) is 5.03. The maximum atomic E-state index is 10.0. The van der Waals surface area contributed by atoms with Crippen molar-refractivity contribution in [1.29, 1.82) is 0 Å². The van der Waals surface area contributed by atoms with E-state index in [2.05, 4.69) is 35.0 Å². The minimum absolute atomic E-state index is 0.373. The summed E-state index contributed by atoms with van der Waals surface area (Å²) in [6.07, 6.45) is -0.373. The lowest BCUT2D eigenvalue weighted by molar-refractivity contribution is 0.208. The van der Waals surface area contributed by atoms with Crippen molar-refractivity contribution >= 4 is 39.0 Å². The van der Waals surface area contributed by atoms with Gasteiger partial charge in [-0.3, -0.25) is 0 Å². The number of aliphatic hydroxyl groups excluding tert-OH is 1. The van der Waals surface area contributed by atoms with Crippen molar-refractivity contribution in [3.63, 3.8) is 0 Å². The van der Waals surface area contributed by atoms with Gasteiger partial charge in [0.15, 0.2) is 0 Å². The minimum Gasteiger partial charge on any atom is -0.387 e. The normalized spacial score (nSPS) is 12.6. The summed E-state index contributed by atoms with van der Waals surface area (Å²) in [5.74, 6) is 0.696. The van der Waals surface area contributed by atoms with Crippen LogP contribution in [0.15, 0.2) is 45.8 Å². The number of aliphatic hydroxyl groups is 1. The van der Waals surface area contributed by atoms with Gasteiger partial charge in [-0.1, -0.05) is 15.9 Å². The van der Waals surface area contributed by atoms with Crippen molar-refractivity contribution in [3.8, 4) is 0 Å². The molecule has 0 aliphatic heterocycles. The van der Waals surface area contributed by atoms with Gasteiger partial charge in [0.1, 0.15) is 0 Å². The zero-order chi connectivity index (χ0) is 12.3. The highest BCUT2D eigenvalue weighted by Crippen LogP contribution is 2.29. The van der Waals surface area contributed by atoms with E-state index in [0.717, 1.165) is 9.35 Å². The maximum absolute atomic E-state index is 10.0. The molecule has 17 heavy (non-hydrogen) atoms. The number of benzene rings is 1. The number of halogens is 1. The van der Waals surface area contributed by atoms with Crippen LogP contribution < -0.4 is 0 Å². The fourth-order valence-electron chi connectivity index (χ4n) is 1.42. The van der Waals surface area contributed by atoms with Crippen LogP contribution >= 0.6 is 39.0 Å². The van der Waals surface area contributed by atoms with Crippen LogP contribution in [-0.2, 0) is 0 Å². The molecule has 2 aromatic rings. The minimum atomic E-state index is -0.373. The highest BCUT2D eigenvalue weighted by atomic mass is 79.9. The second-order valence-electron chi connectivity index (χ2n) is 3.73. The fraction of sp³-hybridized carbons (Fsp3) is 0.231. The number of thioether (sulfide) groups is 1. The molecule has 0 spiro atoms. The molecular weight excluding hydrogens is 316 g/mol. The Labute approximate surface area is 118 Å². The van der Waals surface area contributed by atoms with Gasteiger partial charge in [-0.2, -0.15) is 0 Å². The number of aryl methyl sites for hydroxylation is 1. The summed E-state index contributed by atoms with van der Waals surface area (Å²) < 4.78 is 1.08. The summed E-state index contributed by atoms with van der Waals surface area (Å²) in [5, 5.41) is 10.0. The molecule has 1 nitrogen and oxygen atoms in total. The molecule has 0 amide bonds. The predicted octanol–water partition coefficient (Wildman–Crippen LogP) is 4.64. The SMILES string of the molecule is Cc1ccc(C(O)CSc2ccc(Br)cc2)s1. The molecule has 1 heterocycles. The zero-order valence-corrected chi connectivity index (χ0v) is 12.6. The third kappa shape index (κ3) is 3.85. The van der Waals surface area contributed by atoms with Gasteiger partial charge in [0, 0.05) is 24.9 Å². The van der Waals surface area contributed by atoms with E-state index >= 15 is 0 Å². The van der Waals surface area contributed by atoms with E-state index in [1.165, 1.54) is 9.77 Å². The van der Waals surface area contributed by atoms with Gasteiger partial charge in [0.05, 0.1) is 6.10 Å². The molecule has 1 N–H and O–H groups in total. The first kappa shape index (κ1) is 13.1. The third-order valence-electron chi connectivity index (χ3n) is 2.31. The molecule has 90 valence electrons. The molecule has 0 aliphatic carbocycles. The van der Waals surface area contributed by atoms with Crippen LogP contribution in [0, 0.1) is 6.92 Å². The Morgan fingerprint density at radius 2 is 1.94 bits per heavy atom. The second kappa shape index (κ2) is 6.05. The molecule has 1 atom stereocenters. The summed E-state index contributed by atoms with van der Waals surface area (Å²) in [7, 11) is 0. The Morgan fingerprint density at radius 3 is 2.53 bits per heavy atom. The van der Waals surface area contributed by atoms with E-state index in [0.29, 0.717) is 5.75 Å². The molecule has 1 aromatic carbocycles. The van der Waals surface area contributed by atoms with Crippen LogP contribution in [0.1, 0.15) is 15.9 Å². The standard InChI is InChI=1S/C13H13BrOS2/c1-9-2-7-13(17-9)12(15)8-16-11-5-3-10(14)4-6-11/h2-7,12,15H,8H2,1H3. The summed E-state index contributed by atoms with van der Waals surface area (Å²) in [6, 6.07) is 12.2. The molecule has 0 bridgehead atoms. The molecule has 0 fully saturated rings. The first-order valence-electron chi connectivity index (χ1n) is 5.28. The molecule has 1 unspecified atom stereocenters. The van der Waals surface area contributed by atoms with Crippen molar-refractivity contribution < 1.29 is 5.11 Å². The molecule has 4 heteroatoms. The zero-order valence-electron chi connectivity index (χ0n) is 9.39. The number of hydrogen-bond acceptors (Lipinski definition) is 3. The van der Waals surface area contributed by atoms with E-state index in [9.17, 15) is 5.11 Å². The van der Waals surface area contributed by atoms with Crippen molar-refractivity contribution in [2.45, 2.75) is 17.9 Å². The molecule has 0 saturated carbocycles. The van der Waals surface area contributed by atoms with E-state index in [4.69, 9.17) is 0 Å². The molecule has 1 aromatic heterocycles.